The summed E-state index contributed by atoms with van der Waals surface area (Å²) in [6, 6.07) is 7.73. The van der Waals surface area contributed by atoms with Crippen LogP contribution >= 0.6 is 11.9 Å². The van der Waals surface area contributed by atoms with Gasteiger partial charge >= 0.3 is 0 Å². The lowest BCUT2D eigenvalue weighted by molar-refractivity contribution is 0.456. The molecule has 1 aliphatic carbocycles. The zero-order valence-corrected chi connectivity index (χ0v) is 13.3. The van der Waals surface area contributed by atoms with Gasteiger partial charge in [0.2, 0.25) is 0 Å². The highest BCUT2D eigenvalue weighted by molar-refractivity contribution is 7.97. The second kappa shape index (κ2) is 6.97. The lowest BCUT2D eigenvalue weighted by Gasteiger charge is -2.25. The first-order valence-corrected chi connectivity index (χ1v) is 8.88. The monoisotopic (exact) mass is 290 g/mol. The second-order valence-corrected chi connectivity index (χ2v) is 7.15. The molecule has 1 aromatic carbocycles. The third-order valence-electron chi connectivity index (χ3n) is 4.64. The predicted molar refractivity (Wildman–Crippen MR) is 87.3 cm³/mol. The lowest BCUT2D eigenvalue weighted by atomic mass is 9.90. The Morgan fingerprint density at radius 3 is 2.60 bits per heavy atom. The summed E-state index contributed by atoms with van der Waals surface area (Å²) in [5.41, 5.74) is 2.94. The van der Waals surface area contributed by atoms with Crippen molar-refractivity contribution < 1.29 is 0 Å². The first-order valence-electron chi connectivity index (χ1n) is 8.06. The fraction of sp³-hybridized carbons (Fsp3) is 0.647. The van der Waals surface area contributed by atoms with Crippen LogP contribution in [0.1, 0.15) is 55.6 Å². The molecule has 1 saturated heterocycles. The average Bonchev–Trinajstić information content (AvgIpc) is 2.99. The summed E-state index contributed by atoms with van der Waals surface area (Å²) < 4.78 is 3.71. The van der Waals surface area contributed by atoms with E-state index in [1.807, 2.05) is 11.9 Å². The van der Waals surface area contributed by atoms with E-state index in [0.717, 1.165) is 12.0 Å². The van der Waals surface area contributed by atoms with E-state index >= 15 is 0 Å². The molecule has 3 heteroatoms. The van der Waals surface area contributed by atoms with Crippen LogP contribution in [0.25, 0.3) is 0 Å². The van der Waals surface area contributed by atoms with E-state index in [2.05, 4.69) is 35.2 Å². The van der Waals surface area contributed by atoms with Gasteiger partial charge in [0.15, 0.2) is 0 Å². The lowest BCUT2D eigenvalue weighted by Crippen LogP contribution is -2.27. The van der Waals surface area contributed by atoms with Crippen molar-refractivity contribution in [2.24, 2.45) is 0 Å². The van der Waals surface area contributed by atoms with Crippen LogP contribution < -0.4 is 10.0 Å². The van der Waals surface area contributed by atoms with E-state index in [1.54, 1.807) is 5.56 Å². The predicted octanol–water partition coefficient (Wildman–Crippen LogP) is 4.00. The maximum absolute atomic E-state index is 3.71. The molecule has 20 heavy (non-hydrogen) atoms. The summed E-state index contributed by atoms with van der Waals surface area (Å²) in [4.78, 5) is 1.46. The highest BCUT2D eigenvalue weighted by Crippen LogP contribution is 2.34. The Hall–Kier alpha value is -0.510. The first-order chi connectivity index (χ1) is 9.83. The van der Waals surface area contributed by atoms with Gasteiger partial charge in [-0.3, -0.25) is 4.72 Å². The molecule has 0 amide bonds. The Labute approximate surface area is 127 Å². The third-order valence-corrected chi connectivity index (χ3v) is 5.66. The van der Waals surface area contributed by atoms with Gasteiger partial charge in [-0.05, 0) is 80.8 Å². The van der Waals surface area contributed by atoms with Crippen LogP contribution in [-0.4, -0.2) is 19.1 Å². The normalized spacial score (nSPS) is 21.4. The van der Waals surface area contributed by atoms with Gasteiger partial charge < -0.3 is 5.32 Å². The minimum Gasteiger partial charge on any atom is -0.317 e. The van der Waals surface area contributed by atoms with Crippen molar-refractivity contribution in [1.82, 2.24) is 10.0 Å². The van der Waals surface area contributed by atoms with Crippen LogP contribution in [0, 0.1) is 6.92 Å². The van der Waals surface area contributed by atoms with Crippen molar-refractivity contribution in [3.8, 4) is 0 Å². The van der Waals surface area contributed by atoms with Gasteiger partial charge in [-0.25, -0.2) is 0 Å². The van der Waals surface area contributed by atoms with E-state index in [1.165, 1.54) is 62.1 Å². The Kier molecular flexibility index (Phi) is 5.03. The van der Waals surface area contributed by atoms with Crippen LogP contribution in [-0.2, 0) is 0 Å². The molecule has 0 atom stereocenters. The van der Waals surface area contributed by atoms with Crippen LogP contribution in [0.5, 0.6) is 0 Å². The smallest absolute Gasteiger partial charge is 0.0265 e. The van der Waals surface area contributed by atoms with Gasteiger partial charge in [0, 0.05) is 10.9 Å². The van der Waals surface area contributed by atoms with Gasteiger partial charge in [-0.2, -0.15) is 0 Å². The number of piperidine rings is 1. The number of rotatable bonds is 4. The number of benzene rings is 1. The molecule has 2 nitrogen and oxygen atoms in total. The minimum atomic E-state index is 0.724. The molecule has 0 unspecified atom stereocenters. The maximum atomic E-state index is 3.71. The standard InChI is InChI=1S/C17H26N2S/c1-13-6-7-16(14-8-10-18-11-9-14)17(12-13)20-19-15-4-2-3-5-15/h6-7,12,14-15,18-19H,2-5,8-11H2,1H3. The Morgan fingerprint density at radius 2 is 1.85 bits per heavy atom. The molecular formula is C17H26N2S. The summed E-state index contributed by atoms with van der Waals surface area (Å²) in [6.45, 7) is 4.53. The van der Waals surface area contributed by atoms with Crippen molar-refractivity contribution in [2.75, 3.05) is 13.1 Å². The second-order valence-electron chi connectivity index (χ2n) is 6.27. The average molecular weight is 290 g/mol. The third kappa shape index (κ3) is 3.57. The number of hydrogen-bond donors (Lipinski definition) is 2. The minimum absolute atomic E-state index is 0.724. The highest BCUT2D eigenvalue weighted by Gasteiger charge is 2.20. The van der Waals surface area contributed by atoms with Crippen molar-refractivity contribution in [3.05, 3.63) is 29.3 Å². The van der Waals surface area contributed by atoms with Gasteiger partial charge in [0.1, 0.15) is 0 Å². The number of nitrogens with one attached hydrogen (secondary N) is 2. The molecule has 0 aromatic heterocycles. The van der Waals surface area contributed by atoms with E-state index in [9.17, 15) is 0 Å². The topological polar surface area (TPSA) is 24.1 Å². The summed E-state index contributed by atoms with van der Waals surface area (Å²) in [6.07, 6.45) is 8.05. The van der Waals surface area contributed by atoms with Crippen molar-refractivity contribution in [1.29, 1.82) is 0 Å². The van der Waals surface area contributed by atoms with Crippen molar-refractivity contribution >= 4 is 11.9 Å². The van der Waals surface area contributed by atoms with E-state index in [4.69, 9.17) is 0 Å². The van der Waals surface area contributed by atoms with Crippen molar-refractivity contribution in [2.45, 2.75) is 62.3 Å². The Bertz CT molecular complexity index is 435. The molecule has 1 aliphatic heterocycles. The summed E-state index contributed by atoms with van der Waals surface area (Å²) >= 11 is 1.88. The molecule has 1 heterocycles. The van der Waals surface area contributed by atoms with Crippen LogP contribution in [0.2, 0.25) is 0 Å². The molecule has 110 valence electrons. The van der Waals surface area contributed by atoms with Gasteiger partial charge in [0.05, 0.1) is 0 Å². The molecule has 1 aromatic rings. The first kappa shape index (κ1) is 14.4. The molecule has 1 saturated carbocycles. The fourth-order valence-corrected chi connectivity index (χ4v) is 4.52. The van der Waals surface area contributed by atoms with Gasteiger partial charge in [0.25, 0.3) is 0 Å². The highest BCUT2D eigenvalue weighted by atomic mass is 32.2. The van der Waals surface area contributed by atoms with Crippen LogP contribution in [0.15, 0.2) is 23.1 Å². The Morgan fingerprint density at radius 1 is 1.10 bits per heavy atom. The molecule has 0 radical (unpaired) electrons. The van der Waals surface area contributed by atoms with Crippen LogP contribution in [0.4, 0.5) is 0 Å². The molecule has 2 N–H and O–H groups in total. The van der Waals surface area contributed by atoms with Gasteiger partial charge in [-0.15, -0.1) is 0 Å². The zero-order valence-electron chi connectivity index (χ0n) is 12.5. The SMILES string of the molecule is Cc1ccc(C2CCNCC2)c(SNC2CCCC2)c1. The fourth-order valence-electron chi connectivity index (χ4n) is 3.39. The molecular weight excluding hydrogens is 264 g/mol. The molecule has 2 fully saturated rings. The molecule has 2 aliphatic rings. The van der Waals surface area contributed by atoms with Crippen LogP contribution in [0.3, 0.4) is 0 Å². The van der Waals surface area contributed by atoms with E-state index in [-0.39, 0.29) is 0 Å². The van der Waals surface area contributed by atoms with E-state index in [0.29, 0.717) is 0 Å². The summed E-state index contributed by atoms with van der Waals surface area (Å²) in [7, 11) is 0. The van der Waals surface area contributed by atoms with E-state index < -0.39 is 0 Å². The largest absolute Gasteiger partial charge is 0.317 e. The molecule has 0 bridgehead atoms. The zero-order chi connectivity index (χ0) is 13.8. The Balaban J connectivity index is 1.71. The summed E-state index contributed by atoms with van der Waals surface area (Å²) in [5, 5.41) is 3.47. The maximum Gasteiger partial charge on any atom is 0.0265 e. The number of hydrogen-bond acceptors (Lipinski definition) is 3. The molecule has 3 rings (SSSR count). The quantitative estimate of drug-likeness (QED) is 0.820. The van der Waals surface area contributed by atoms with Gasteiger partial charge in [-0.1, -0.05) is 25.0 Å². The molecule has 0 spiro atoms. The summed E-state index contributed by atoms with van der Waals surface area (Å²) in [5.74, 6) is 0.740. The number of aryl methyl sites for hydroxylation is 1. The van der Waals surface area contributed by atoms with Crippen molar-refractivity contribution in [3.63, 3.8) is 0 Å².